The Balaban J connectivity index is 2.23. The number of methoxy groups -OCH3 is 1. The third-order valence-electron chi connectivity index (χ3n) is 2.43. The largest absolute Gasteiger partial charge is 0.497 e. The van der Waals surface area contributed by atoms with Crippen molar-refractivity contribution in [1.82, 2.24) is 0 Å². The van der Waals surface area contributed by atoms with E-state index in [2.05, 4.69) is 40.2 Å². The summed E-state index contributed by atoms with van der Waals surface area (Å²) in [5, 5.41) is 1.09. The van der Waals surface area contributed by atoms with Crippen LogP contribution < -0.4 is 4.74 Å². The van der Waals surface area contributed by atoms with Gasteiger partial charge < -0.3 is 4.74 Å². The lowest BCUT2D eigenvalue weighted by molar-refractivity contribution is 0.414. The Labute approximate surface area is 107 Å². The first-order valence-corrected chi connectivity index (χ1v) is 6.83. The molecule has 0 bridgehead atoms. The molecule has 0 aromatic heterocycles. The molecule has 1 aromatic rings. The molecule has 0 saturated carbocycles. The van der Waals surface area contributed by atoms with E-state index >= 15 is 0 Å². The molecule has 0 aliphatic heterocycles. The summed E-state index contributed by atoms with van der Waals surface area (Å²) in [5.74, 6) is 0.927. The molecule has 0 spiro atoms. The summed E-state index contributed by atoms with van der Waals surface area (Å²) >= 11 is 3.42. The van der Waals surface area contributed by atoms with Gasteiger partial charge in [0.15, 0.2) is 0 Å². The van der Waals surface area contributed by atoms with Crippen molar-refractivity contribution in [3.8, 4) is 5.75 Å². The fourth-order valence-electron chi connectivity index (χ4n) is 1.47. The Morgan fingerprint density at radius 3 is 2.44 bits per heavy atom. The standard InChI is InChI=1S/C14H19BrO/c1-16-14-10-8-13(9-11-14)7-5-3-2-4-6-12-15/h2-3,8-11H,4-7,12H2,1H3/b3-2+. The normalized spacial score (nSPS) is 10.9. The lowest BCUT2D eigenvalue weighted by atomic mass is 10.1. The zero-order valence-electron chi connectivity index (χ0n) is 9.79. The van der Waals surface area contributed by atoms with E-state index in [0.717, 1.165) is 23.9 Å². The summed E-state index contributed by atoms with van der Waals surface area (Å²) in [7, 11) is 1.70. The number of rotatable bonds is 7. The molecule has 88 valence electrons. The van der Waals surface area contributed by atoms with Gasteiger partial charge >= 0.3 is 0 Å². The van der Waals surface area contributed by atoms with Crippen LogP contribution in [0.4, 0.5) is 0 Å². The SMILES string of the molecule is COc1ccc(CC/C=C/CCCBr)cc1. The van der Waals surface area contributed by atoms with E-state index in [-0.39, 0.29) is 0 Å². The molecule has 1 aromatic carbocycles. The number of unbranched alkanes of at least 4 members (excludes halogenated alkanes) is 1. The Hall–Kier alpha value is -0.760. The number of benzene rings is 1. The van der Waals surface area contributed by atoms with Gasteiger partial charge in [-0.3, -0.25) is 0 Å². The van der Waals surface area contributed by atoms with Gasteiger partial charge in [0.25, 0.3) is 0 Å². The maximum atomic E-state index is 5.12. The predicted molar refractivity (Wildman–Crippen MR) is 73.5 cm³/mol. The molecule has 0 atom stereocenters. The van der Waals surface area contributed by atoms with Gasteiger partial charge in [-0.2, -0.15) is 0 Å². The van der Waals surface area contributed by atoms with Crippen molar-refractivity contribution >= 4 is 15.9 Å². The number of alkyl halides is 1. The topological polar surface area (TPSA) is 9.23 Å². The van der Waals surface area contributed by atoms with Crippen LogP contribution in [-0.4, -0.2) is 12.4 Å². The molecule has 1 rings (SSSR count). The van der Waals surface area contributed by atoms with Gasteiger partial charge in [-0.25, -0.2) is 0 Å². The van der Waals surface area contributed by atoms with Crippen LogP contribution in [0.25, 0.3) is 0 Å². The number of halogens is 1. The average Bonchev–Trinajstić information content (AvgIpc) is 2.34. The Bertz CT molecular complexity index is 303. The molecule has 0 aliphatic carbocycles. The molecule has 0 amide bonds. The first-order chi connectivity index (χ1) is 7.86. The van der Waals surface area contributed by atoms with Crippen molar-refractivity contribution in [1.29, 1.82) is 0 Å². The van der Waals surface area contributed by atoms with Crippen LogP contribution in [0.5, 0.6) is 5.75 Å². The lowest BCUT2D eigenvalue weighted by Gasteiger charge is -2.01. The zero-order chi connectivity index (χ0) is 11.6. The molecule has 0 fully saturated rings. The van der Waals surface area contributed by atoms with Crippen molar-refractivity contribution in [2.24, 2.45) is 0 Å². The molecule has 1 nitrogen and oxygen atoms in total. The number of aryl methyl sites for hydroxylation is 1. The summed E-state index contributed by atoms with van der Waals surface area (Å²) in [6.07, 6.45) is 9.16. The van der Waals surface area contributed by atoms with Crippen LogP contribution in [0.1, 0.15) is 24.8 Å². The van der Waals surface area contributed by atoms with Crippen LogP contribution in [0.15, 0.2) is 36.4 Å². The Kier molecular flexibility index (Phi) is 6.98. The van der Waals surface area contributed by atoms with E-state index in [1.807, 2.05) is 12.1 Å². The van der Waals surface area contributed by atoms with Gasteiger partial charge in [0.1, 0.15) is 5.75 Å². The fraction of sp³-hybridized carbons (Fsp3) is 0.429. The van der Waals surface area contributed by atoms with E-state index in [1.165, 1.54) is 18.4 Å². The van der Waals surface area contributed by atoms with Gasteiger partial charge in [-0.05, 0) is 43.4 Å². The second-order valence-corrected chi connectivity index (χ2v) is 4.48. The minimum atomic E-state index is 0.927. The summed E-state index contributed by atoms with van der Waals surface area (Å²) in [4.78, 5) is 0. The second kappa shape index (κ2) is 8.40. The first kappa shape index (κ1) is 13.3. The number of hydrogen-bond donors (Lipinski definition) is 0. The molecule has 0 N–H and O–H groups in total. The predicted octanol–water partition coefficient (Wildman–Crippen LogP) is 4.36. The third kappa shape index (κ3) is 5.36. The van der Waals surface area contributed by atoms with E-state index < -0.39 is 0 Å². The van der Waals surface area contributed by atoms with Crippen molar-refractivity contribution in [2.75, 3.05) is 12.4 Å². The summed E-state index contributed by atoms with van der Waals surface area (Å²) in [6.45, 7) is 0. The quantitative estimate of drug-likeness (QED) is 0.410. The highest BCUT2D eigenvalue weighted by Gasteiger charge is 1.92. The number of ether oxygens (including phenoxy) is 1. The third-order valence-corrected chi connectivity index (χ3v) is 2.99. The molecule has 0 aliphatic rings. The van der Waals surface area contributed by atoms with Crippen LogP contribution >= 0.6 is 15.9 Å². The molecular formula is C14H19BrO. The van der Waals surface area contributed by atoms with E-state index in [0.29, 0.717) is 0 Å². The van der Waals surface area contributed by atoms with Gasteiger partial charge in [0.05, 0.1) is 7.11 Å². The van der Waals surface area contributed by atoms with Crippen LogP contribution in [0, 0.1) is 0 Å². The molecule has 2 heteroatoms. The van der Waals surface area contributed by atoms with Crippen molar-refractivity contribution in [3.05, 3.63) is 42.0 Å². The van der Waals surface area contributed by atoms with Crippen molar-refractivity contribution in [3.63, 3.8) is 0 Å². The summed E-state index contributed by atoms with van der Waals surface area (Å²) in [5.41, 5.74) is 1.37. The van der Waals surface area contributed by atoms with E-state index in [1.54, 1.807) is 7.11 Å². The second-order valence-electron chi connectivity index (χ2n) is 3.69. The lowest BCUT2D eigenvalue weighted by Crippen LogP contribution is -1.85. The molecule has 16 heavy (non-hydrogen) atoms. The van der Waals surface area contributed by atoms with Gasteiger partial charge in [0, 0.05) is 5.33 Å². The molecular weight excluding hydrogens is 264 g/mol. The monoisotopic (exact) mass is 282 g/mol. The first-order valence-electron chi connectivity index (χ1n) is 5.70. The average molecular weight is 283 g/mol. The molecule has 0 unspecified atom stereocenters. The highest BCUT2D eigenvalue weighted by molar-refractivity contribution is 9.09. The fourth-order valence-corrected chi connectivity index (χ4v) is 1.80. The highest BCUT2D eigenvalue weighted by Crippen LogP contribution is 2.12. The Morgan fingerprint density at radius 2 is 1.81 bits per heavy atom. The summed E-state index contributed by atoms with van der Waals surface area (Å²) in [6, 6.07) is 8.30. The smallest absolute Gasteiger partial charge is 0.118 e. The van der Waals surface area contributed by atoms with Crippen LogP contribution in [0.3, 0.4) is 0 Å². The van der Waals surface area contributed by atoms with Crippen LogP contribution in [0.2, 0.25) is 0 Å². The van der Waals surface area contributed by atoms with Gasteiger partial charge in [0.2, 0.25) is 0 Å². The van der Waals surface area contributed by atoms with Gasteiger partial charge in [-0.15, -0.1) is 0 Å². The van der Waals surface area contributed by atoms with E-state index in [4.69, 9.17) is 4.74 Å². The number of allylic oxidation sites excluding steroid dienone is 2. The maximum Gasteiger partial charge on any atom is 0.118 e. The van der Waals surface area contributed by atoms with Crippen molar-refractivity contribution < 1.29 is 4.74 Å². The minimum absolute atomic E-state index is 0.927. The Morgan fingerprint density at radius 1 is 1.12 bits per heavy atom. The molecule has 0 saturated heterocycles. The number of hydrogen-bond acceptors (Lipinski definition) is 1. The van der Waals surface area contributed by atoms with Crippen molar-refractivity contribution in [2.45, 2.75) is 25.7 Å². The highest BCUT2D eigenvalue weighted by atomic mass is 79.9. The maximum absolute atomic E-state index is 5.12. The van der Waals surface area contributed by atoms with E-state index in [9.17, 15) is 0 Å². The van der Waals surface area contributed by atoms with Crippen LogP contribution in [-0.2, 0) is 6.42 Å². The van der Waals surface area contributed by atoms with Gasteiger partial charge in [-0.1, -0.05) is 40.2 Å². The molecule has 0 radical (unpaired) electrons. The molecule has 0 heterocycles. The zero-order valence-corrected chi connectivity index (χ0v) is 11.4. The minimum Gasteiger partial charge on any atom is -0.497 e. The summed E-state index contributed by atoms with van der Waals surface area (Å²) < 4.78 is 5.12.